The number of carbonyl (C=O) groups is 1. The second-order valence-electron chi connectivity index (χ2n) is 7.07. The predicted molar refractivity (Wildman–Crippen MR) is 108 cm³/mol. The fraction of sp³-hybridized carbons (Fsp3) is 0.350. The molecule has 0 fully saturated rings. The van der Waals surface area contributed by atoms with Crippen molar-refractivity contribution < 1.29 is 4.79 Å². The van der Waals surface area contributed by atoms with Crippen LogP contribution in [-0.4, -0.2) is 25.1 Å². The van der Waals surface area contributed by atoms with Crippen LogP contribution in [0.2, 0.25) is 5.15 Å². The quantitative estimate of drug-likeness (QED) is 0.656. The first kappa shape index (κ1) is 19.2. The fourth-order valence-corrected chi connectivity index (χ4v) is 3.22. The molecule has 0 radical (unpaired) electrons. The molecule has 0 spiro atoms. The molecule has 1 N–H and O–H groups in total. The Bertz CT molecular complexity index is 999. The second-order valence-corrected chi connectivity index (χ2v) is 7.43. The van der Waals surface area contributed by atoms with E-state index in [1.54, 1.807) is 10.8 Å². The van der Waals surface area contributed by atoms with Gasteiger partial charge in [0.1, 0.15) is 10.8 Å². The molecule has 3 aromatic heterocycles. The molecule has 0 unspecified atom stereocenters. The van der Waals surface area contributed by atoms with Crippen molar-refractivity contribution in [1.82, 2.24) is 24.5 Å². The average Bonchev–Trinajstić information content (AvgIpc) is 3.13. The van der Waals surface area contributed by atoms with Gasteiger partial charge in [0.2, 0.25) is 5.91 Å². The van der Waals surface area contributed by atoms with Crippen LogP contribution in [0.5, 0.6) is 0 Å². The molecular formula is C20H24ClN5O. The van der Waals surface area contributed by atoms with Gasteiger partial charge in [-0.25, -0.2) is 4.98 Å². The highest BCUT2D eigenvalue weighted by Crippen LogP contribution is 2.22. The molecule has 6 nitrogen and oxygen atoms in total. The van der Waals surface area contributed by atoms with E-state index in [9.17, 15) is 4.79 Å². The van der Waals surface area contributed by atoms with E-state index in [1.807, 2.05) is 42.8 Å². The summed E-state index contributed by atoms with van der Waals surface area (Å²) in [7, 11) is 0. The van der Waals surface area contributed by atoms with Crippen molar-refractivity contribution in [3.63, 3.8) is 0 Å². The predicted octanol–water partition coefficient (Wildman–Crippen LogP) is 3.79. The van der Waals surface area contributed by atoms with Crippen LogP contribution < -0.4 is 5.32 Å². The molecule has 0 aliphatic rings. The number of hydrogen-bond donors (Lipinski definition) is 1. The van der Waals surface area contributed by atoms with E-state index in [1.165, 1.54) is 6.08 Å². The molecule has 0 aromatic carbocycles. The van der Waals surface area contributed by atoms with Crippen molar-refractivity contribution in [1.29, 1.82) is 0 Å². The number of halogens is 1. The van der Waals surface area contributed by atoms with Gasteiger partial charge in [0, 0.05) is 30.6 Å². The highest BCUT2D eigenvalue weighted by atomic mass is 35.5. The summed E-state index contributed by atoms with van der Waals surface area (Å²) in [5.74, 6) is 0.242. The van der Waals surface area contributed by atoms with E-state index in [0.29, 0.717) is 17.6 Å². The maximum Gasteiger partial charge on any atom is 0.244 e. The Morgan fingerprint density at radius 1 is 1.37 bits per heavy atom. The van der Waals surface area contributed by atoms with Crippen LogP contribution in [0.15, 0.2) is 30.6 Å². The Hall–Kier alpha value is -2.60. The second kappa shape index (κ2) is 7.96. The van der Waals surface area contributed by atoms with Crippen LogP contribution in [0.25, 0.3) is 11.7 Å². The lowest BCUT2D eigenvalue weighted by Gasteiger charge is -2.05. The maximum absolute atomic E-state index is 12.2. The Morgan fingerprint density at radius 2 is 2.15 bits per heavy atom. The summed E-state index contributed by atoms with van der Waals surface area (Å²) in [4.78, 5) is 16.7. The molecule has 0 saturated carbocycles. The average molecular weight is 386 g/mol. The summed E-state index contributed by atoms with van der Waals surface area (Å²) < 4.78 is 3.73. The zero-order valence-corrected chi connectivity index (χ0v) is 16.8. The molecule has 3 heterocycles. The number of hydrogen-bond acceptors (Lipinski definition) is 3. The van der Waals surface area contributed by atoms with Gasteiger partial charge in [0.05, 0.1) is 17.9 Å². The Morgan fingerprint density at radius 3 is 2.85 bits per heavy atom. The van der Waals surface area contributed by atoms with Crippen LogP contribution in [0.4, 0.5) is 0 Å². The summed E-state index contributed by atoms with van der Waals surface area (Å²) in [6.45, 7) is 9.23. The monoisotopic (exact) mass is 385 g/mol. The molecule has 142 valence electrons. The van der Waals surface area contributed by atoms with Gasteiger partial charge in [0.15, 0.2) is 0 Å². The molecule has 0 bridgehead atoms. The zero-order valence-electron chi connectivity index (χ0n) is 16.0. The molecule has 0 aliphatic heterocycles. The van der Waals surface area contributed by atoms with Gasteiger partial charge in [-0.3, -0.25) is 9.48 Å². The number of pyridine rings is 1. The van der Waals surface area contributed by atoms with Gasteiger partial charge >= 0.3 is 0 Å². The van der Waals surface area contributed by atoms with Crippen LogP contribution in [0.3, 0.4) is 0 Å². The van der Waals surface area contributed by atoms with E-state index in [4.69, 9.17) is 11.6 Å². The summed E-state index contributed by atoms with van der Waals surface area (Å²) in [6, 6.07) is 3.99. The summed E-state index contributed by atoms with van der Waals surface area (Å²) >= 11 is 6.39. The fourth-order valence-electron chi connectivity index (χ4n) is 2.91. The third-order valence-corrected chi connectivity index (χ3v) is 4.62. The van der Waals surface area contributed by atoms with Crippen molar-refractivity contribution in [2.24, 2.45) is 5.92 Å². The third kappa shape index (κ3) is 4.39. The van der Waals surface area contributed by atoms with Crippen molar-refractivity contribution in [3.8, 4) is 0 Å². The van der Waals surface area contributed by atoms with Crippen molar-refractivity contribution in [2.75, 3.05) is 0 Å². The maximum atomic E-state index is 12.2. The number of imidazole rings is 1. The van der Waals surface area contributed by atoms with Gasteiger partial charge in [-0.05, 0) is 37.5 Å². The number of aromatic nitrogens is 4. The third-order valence-electron chi connectivity index (χ3n) is 4.22. The number of fused-ring (bicyclic) bond motifs is 1. The molecule has 0 saturated heterocycles. The number of carbonyl (C=O) groups excluding carboxylic acids is 1. The first-order chi connectivity index (χ1) is 12.8. The molecule has 3 rings (SSSR count). The standard InChI is InChI=1S/C20H24ClN5O/c1-13(2)11-26-19(21)17(15(4)24-26)7-8-18(27)22-10-16-12-25-9-5-6-14(3)20(25)23-16/h5-9,12-13H,10-11H2,1-4H3,(H,22,27)/b8-7+. The van der Waals surface area contributed by atoms with Crippen LogP contribution in [-0.2, 0) is 17.9 Å². The van der Waals surface area contributed by atoms with E-state index >= 15 is 0 Å². The number of nitrogens with one attached hydrogen (secondary N) is 1. The Labute approximate surface area is 163 Å². The van der Waals surface area contributed by atoms with E-state index in [0.717, 1.165) is 34.7 Å². The number of amides is 1. The molecular weight excluding hydrogens is 362 g/mol. The van der Waals surface area contributed by atoms with E-state index < -0.39 is 0 Å². The number of rotatable bonds is 6. The lowest BCUT2D eigenvalue weighted by Crippen LogP contribution is -2.20. The Kier molecular flexibility index (Phi) is 5.65. The minimum Gasteiger partial charge on any atom is -0.347 e. The number of aryl methyl sites for hydroxylation is 2. The smallest absolute Gasteiger partial charge is 0.244 e. The van der Waals surface area contributed by atoms with Gasteiger partial charge in [-0.15, -0.1) is 0 Å². The molecule has 0 atom stereocenters. The summed E-state index contributed by atoms with van der Waals surface area (Å²) in [6.07, 6.45) is 7.06. The van der Waals surface area contributed by atoms with Gasteiger partial charge < -0.3 is 9.72 Å². The van der Waals surface area contributed by atoms with Crippen molar-refractivity contribution in [2.45, 2.75) is 40.8 Å². The zero-order chi connectivity index (χ0) is 19.6. The topological polar surface area (TPSA) is 64.2 Å². The van der Waals surface area contributed by atoms with Crippen LogP contribution >= 0.6 is 11.6 Å². The van der Waals surface area contributed by atoms with Gasteiger partial charge in [-0.1, -0.05) is 31.5 Å². The summed E-state index contributed by atoms with van der Waals surface area (Å²) in [5.41, 5.74) is 4.39. The van der Waals surface area contributed by atoms with Crippen LogP contribution in [0.1, 0.15) is 36.4 Å². The minimum atomic E-state index is -0.198. The normalized spacial score (nSPS) is 11.8. The molecule has 3 aromatic rings. The van der Waals surface area contributed by atoms with Gasteiger partial charge in [0.25, 0.3) is 0 Å². The molecule has 0 aliphatic carbocycles. The largest absolute Gasteiger partial charge is 0.347 e. The minimum absolute atomic E-state index is 0.198. The lowest BCUT2D eigenvalue weighted by atomic mass is 10.2. The van der Waals surface area contributed by atoms with Crippen LogP contribution in [0, 0.1) is 19.8 Å². The highest BCUT2D eigenvalue weighted by molar-refractivity contribution is 6.31. The molecule has 7 heteroatoms. The van der Waals surface area contributed by atoms with E-state index in [2.05, 4.69) is 29.2 Å². The highest BCUT2D eigenvalue weighted by Gasteiger charge is 2.12. The summed E-state index contributed by atoms with van der Waals surface area (Å²) in [5, 5.41) is 7.86. The Balaban J connectivity index is 1.65. The molecule has 27 heavy (non-hydrogen) atoms. The van der Waals surface area contributed by atoms with Crippen molar-refractivity contribution in [3.05, 3.63) is 58.3 Å². The molecule has 1 amide bonds. The lowest BCUT2D eigenvalue weighted by molar-refractivity contribution is -0.116. The van der Waals surface area contributed by atoms with Gasteiger partial charge in [-0.2, -0.15) is 5.10 Å². The first-order valence-electron chi connectivity index (χ1n) is 8.97. The van der Waals surface area contributed by atoms with E-state index in [-0.39, 0.29) is 5.91 Å². The SMILES string of the molecule is Cc1nn(CC(C)C)c(Cl)c1/C=C/C(=O)NCc1cn2cccc(C)c2n1. The first-order valence-corrected chi connectivity index (χ1v) is 9.35. The van der Waals surface area contributed by atoms with Crippen molar-refractivity contribution >= 4 is 29.2 Å². The number of nitrogens with zero attached hydrogens (tertiary/aromatic N) is 4.